The van der Waals surface area contributed by atoms with E-state index in [2.05, 4.69) is 25.7 Å². The van der Waals surface area contributed by atoms with Crippen LogP contribution < -0.4 is 4.74 Å². The number of halogens is 6. The molecule has 0 saturated heterocycles. The molecule has 1 aromatic rings. The number of aromatic nitrogens is 1. The smallest absolute Gasteiger partial charge is 0.404 e. The minimum atomic E-state index is -4.68. The Morgan fingerprint density at radius 3 is 2.43 bits per heavy atom. The second kappa shape index (κ2) is 4.68. The van der Waals surface area contributed by atoms with Crippen molar-refractivity contribution in [3.8, 4) is 5.75 Å². The molecular weight excluding hydrogens is 493 g/mol. The average Bonchev–Trinajstić information content (AvgIpc) is 1.96. The molecule has 8 heteroatoms. The standard InChI is InChI=1S/C6HBrF3I2NO/c7-4-2(14-6(8,9)10)1-3(11)13-5(4)12/h1H. The van der Waals surface area contributed by atoms with Crippen LogP contribution in [0.3, 0.4) is 0 Å². The van der Waals surface area contributed by atoms with Gasteiger partial charge in [-0.05, 0) is 61.1 Å². The molecule has 0 fully saturated rings. The summed E-state index contributed by atoms with van der Waals surface area (Å²) in [5.74, 6) is -0.277. The van der Waals surface area contributed by atoms with Crippen molar-refractivity contribution in [3.63, 3.8) is 0 Å². The minimum Gasteiger partial charge on any atom is -0.404 e. The lowest BCUT2D eigenvalue weighted by Crippen LogP contribution is -2.18. The van der Waals surface area contributed by atoms with Gasteiger partial charge in [-0.3, -0.25) is 0 Å². The van der Waals surface area contributed by atoms with Crippen LogP contribution in [-0.2, 0) is 0 Å². The first-order valence-corrected chi connectivity index (χ1v) is 6.02. The molecule has 0 aliphatic heterocycles. The quantitative estimate of drug-likeness (QED) is 0.437. The van der Waals surface area contributed by atoms with Crippen LogP contribution in [0.15, 0.2) is 10.5 Å². The fourth-order valence-electron chi connectivity index (χ4n) is 0.647. The third kappa shape index (κ3) is 3.68. The number of nitrogens with zero attached hydrogens (tertiary/aromatic N) is 1. The van der Waals surface area contributed by atoms with Crippen molar-refractivity contribution in [1.82, 2.24) is 4.98 Å². The van der Waals surface area contributed by atoms with E-state index < -0.39 is 6.36 Å². The lowest BCUT2D eigenvalue weighted by molar-refractivity contribution is -0.275. The third-order valence-corrected chi connectivity index (χ3v) is 3.92. The van der Waals surface area contributed by atoms with Crippen LogP contribution in [0.25, 0.3) is 0 Å². The topological polar surface area (TPSA) is 22.1 Å². The van der Waals surface area contributed by atoms with Crippen LogP contribution in [0, 0.1) is 7.40 Å². The first-order valence-electron chi connectivity index (χ1n) is 3.07. The van der Waals surface area contributed by atoms with Crippen molar-refractivity contribution >= 4 is 61.1 Å². The highest BCUT2D eigenvalue weighted by Crippen LogP contribution is 2.33. The molecule has 2 nitrogen and oxygen atoms in total. The maximum atomic E-state index is 11.9. The number of alkyl halides is 3. The highest BCUT2D eigenvalue weighted by atomic mass is 127. The molecular formula is C6HBrF3I2NO. The monoisotopic (exact) mass is 493 g/mol. The molecule has 0 saturated carbocycles. The van der Waals surface area contributed by atoms with Crippen LogP contribution in [-0.4, -0.2) is 11.3 Å². The molecule has 1 aromatic heterocycles. The van der Waals surface area contributed by atoms with Gasteiger partial charge in [0.1, 0.15) is 13.2 Å². The van der Waals surface area contributed by atoms with E-state index in [9.17, 15) is 13.2 Å². The van der Waals surface area contributed by atoms with E-state index in [0.29, 0.717) is 7.40 Å². The van der Waals surface area contributed by atoms with Crippen LogP contribution in [0.4, 0.5) is 13.2 Å². The van der Waals surface area contributed by atoms with Crippen LogP contribution >= 0.6 is 61.1 Å². The van der Waals surface area contributed by atoms with E-state index in [1.807, 2.05) is 45.2 Å². The highest BCUT2D eigenvalue weighted by molar-refractivity contribution is 14.1. The summed E-state index contributed by atoms with van der Waals surface area (Å²) in [6, 6.07) is 1.21. The van der Waals surface area contributed by atoms with Crippen LogP contribution in [0.1, 0.15) is 0 Å². The van der Waals surface area contributed by atoms with Gasteiger partial charge in [0.15, 0.2) is 0 Å². The fourth-order valence-corrected chi connectivity index (χ4v) is 2.44. The summed E-state index contributed by atoms with van der Waals surface area (Å²) >= 11 is 6.60. The van der Waals surface area contributed by atoms with Crippen molar-refractivity contribution in [1.29, 1.82) is 0 Å². The van der Waals surface area contributed by atoms with Crippen molar-refractivity contribution < 1.29 is 17.9 Å². The molecule has 1 rings (SSSR count). The average molecular weight is 494 g/mol. The maximum Gasteiger partial charge on any atom is 0.573 e. The van der Waals surface area contributed by atoms with Crippen molar-refractivity contribution in [3.05, 3.63) is 17.9 Å². The molecule has 0 aromatic carbocycles. The molecule has 14 heavy (non-hydrogen) atoms. The van der Waals surface area contributed by atoms with Crippen molar-refractivity contribution in [2.75, 3.05) is 0 Å². The first-order chi connectivity index (χ1) is 6.29. The summed E-state index contributed by atoms with van der Waals surface area (Å²) in [6.45, 7) is 0. The predicted molar refractivity (Wildman–Crippen MR) is 64.1 cm³/mol. The summed E-state index contributed by atoms with van der Waals surface area (Å²) in [5.41, 5.74) is 0. The Morgan fingerprint density at radius 2 is 1.93 bits per heavy atom. The molecule has 0 radical (unpaired) electrons. The first kappa shape index (κ1) is 12.7. The number of pyridine rings is 1. The van der Waals surface area contributed by atoms with E-state index in [4.69, 9.17) is 0 Å². The molecule has 0 unspecified atom stereocenters. The molecule has 0 spiro atoms. The van der Waals surface area contributed by atoms with E-state index >= 15 is 0 Å². The SMILES string of the molecule is FC(F)(F)Oc1cc(I)nc(I)c1Br. The Hall–Kier alpha value is 0.680. The molecule has 0 aliphatic carbocycles. The molecule has 0 bridgehead atoms. The number of rotatable bonds is 1. The van der Waals surface area contributed by atoms with Gasteiger partial charge >= 0.3 is 6.36 Å². The second-order valence-corrected chi connectivity index (χ2v) is 5.02. The van der Waals surface area contributed by atoms with Gasteiger partial charge in [0.05, 0.1) is 4.47 Å². The van der Waals surface area contributed by atoms with E-state index in [0.717, 1.165) is 0 Å². The Morgan fingerprint density at radius 1 is 1.36 bits per heavy atom. The van der Waals surface area contributed by atoms with E-state index in [-0.39, 0.29) is 10.2 Å². The summed E-state index contributed by atoms with van der Waals surface area (Å²) in [4.78, 5) is 3.94. The van der Waals surface area contributed by atoms with E-state index in [1.165, 1.54) is 6.07 Å². The minimum absolute atomic E-state index is 0.204. The van der Waals surface area contributed by atoms with Gasteiger partial charge in [0.25, 0.3) is 0 Å². The Balaban J connectivity index is 3.09. The summed E-state index contributed by atoms with van der Waals surface area (Å²) in [7, 11) is 0. The maximum absolute atomic E-state index is 11.9. The molecule has 1 heterocycles. The number of ether oxygens (including phenoxy) is 1. The van der Waals surface area contributed by atoms with Crippen molar-refractivity contribution in [2.24, 2.45) is 0 Å². The van der Waals surface area contributed by atoms with Crippen LogP contribution in [0.2, 0.25) is 0 Å². The summed E-state index contributed by atoms with van der Waals surface area (Å²) in [5, 5.41) is 0. The Bertz CT molecular complexity index is 358. The zero-order valence-corrected chi connectivity index (χ0v) is 12.1. The van der Waals surface area contributed by atoms with E-state index in [1.54, 1.807) is 0 Å². The second-order valence-electron chi connectivity index (χ2n) is 2.10. The zero-order chi connectivity index (χ0) is 10.9. The lowest BCUT2D eigenvalue weighted by atomic mass is 10.5. The van der Waals surface area contributed by atoms with Gasteiger partial charge in [0.2, 0.25) is 0 Å². The van der Waals surface area contributed by atoms with Gasteiger partial charge in [-0.2, -0.15) is 0 Å². The third-order valence-electron chi connectivity index (χ3n) is 1.08. The summed E-state index contributed by atoms with van der Waals surface area (Å²) < 4.78 is 40.6. The number of hydrogen-bond acceptors (Lipinski definition) is 2. The van der Waals surface area contributed by atoms with Gasteiger partial charge < -0.3 is 4.74 Å². The van der Waals surface area contributed by atoms with Gasteiger partial charge in [-0.1, -0.05) is 0 Å². The number of hydrogen-bond donors (Lipinski definition) is 0. The summed E-state index contributed by atoms with van der Waals surface area (Å²) in [6.07, 6.45) is -4.68. The predicted octanol–water partition coefficient (Wildman–Crippen LogP) is 3.95. The molecule has 0 N–H and O–H groups in total. The van der Waals surface area contributed by atoms with Gasteiger partial charge in [-0.25, -0.2) is 4.98 Å². The van der Waals surface area contributed by atoms with Gasteiger partial charge in [0, 0.05) is 6.07 Å². The fraction of sp³-hybridized carbons (Fsp3) is 0.167. The normalized spacial score (nSPS) is 11.6. The zero-order valence-electron chi connectivity index (χ0n) is 6.20. The Labute approximate surface area is 113 Å². The Kier molecular flexibility index (Phi) is 4.26. The largest absolute Gasteiger partial charge is 0.573 e. The molecule has 0 amide bonds. The highest BCUT2D eigenvalue weighted by Gasteiger charge is 2.32. The molecule has 0 atom stereocenters. The van der Waals surface area contributed by atoms with Crippen molar-refractivity contribution in [2.45, 2.75) is 6.36 Å². The lowest BCUT2D eigenvalue weighted by Gasteiger charge is -2.11. The molecule has 0 aliphatic rings. The van der Waals surface area contributed by atoms with Gasteiger partial charge in [-0.15, -0.1) is 13.2 Å². The molecule has 78 valence electrons. The van der Waals surface area contributed by atoms with Crippen LogP contribution in [0.5, 0.6) is 5.75 Å².